The molecular weight excluding hydrogens is 627 g/mol. The summed E-state index contributed by atoms with van der Waals surface area (Å²) in [6, 6.07) is 15.6. The van der Waals surface area contributed by atoms with E-state index in [1.807, 2.05) is 18.2 Å². The average molecular weight is 675 g/mol. The summed E-state index contributed by atoms with van der Waals surface area (Å²) in [6.45, 7) is 6.77. The van der Waals surface area contributed by atoms with Crippen molar-refractivity contribution in [1.82, 2.24) is 24.8 Å². The van der Waals surface area contributed by atoms with E-state index in [0.29, 0.717) is 48.1 Å². The topological polar surface area (TPSA) is 96.0 Å². The molecule has 9 nitrogen and oxygen atoms in total. The molecule has 2 fully saturated rings. The molecule has 4 aliphatic heterocycles. The van der Waals surface area contributed by atoms with E-state index in [-0.39, 0.29) is 6.04 Å². The van der Waals surface area contributed by atoms with Crippen molar-refractivity contribution in [3.63, 3.8) is 0 Å². The van der Waals surface area contributed by atoms with Gasteiger partial charge in [0.05, 0.1) is 41.5 Å². The Morgan fingerprint density at radius 3 is 2.69 bits per heavy atom. The molecule has 0 amide bonds. The second kappa shape index (κ2) is 15.7. The minimum Gasteiger partial charge on any atom is -0.467 e. The lowest BCUT2D eigenvalue weighted by molar-refractivity contribution is 0.212. The van der Waals surface area contributed by atoms with E-state index in [1.165, 1.54) is 24.0 Å². The van der Waals surface area contributed by atoms with Gasteiger partial charge in [-0.25, -0.2) is 4.39 Å². The van der Waals surface area contributed by atoms with E-state index >= 15 is 0 Å². The number of hydrogen-bond donors (Lipinski definition) is 1. The fourth-order valence-corrected chi connectivity index (χ4v) is 7.72. The fourth-order valence-electron chi connectivity index (χ4n) is 7.50. The summed E-state index contributed by atoms with van der Waals surface area (Å²) >= 11 is 6.81. The molecule has 0 bridgehead atoms. The Bertz CT molecular complexity index is 1610. The van der Waals surface area contributed by atoms with Gasteiger partial charge >= 0.3 is 6.01 Å². The highest BCUT2D eigenvalue weighted by atomic mass is 35.5. The third-order valence-electron chi connectivity index (χ3n) is 9.91. The van der Waals surface area contributed by atoms with Gasteiger partial charge in [-0.05, 0) is 69.0 Å². The number of hydrogen-bond acceptors (Lipinski definition) is 9. The van der Waals surface area contributed by atoms with Crippen LogP contribution in [0.25, 0.3) is 5.70 Å². The van der Waals surface area contributed by atoms with Gasteiger partial charge in [-0.3, -0.25) is 19.8 Å². The third-order valence-corrected chi connectivity index (χ3v) is 10.3. The lowest BCUT2D eigenvalue weighted by Crippen LogP contribution is -2.37. The number of pyridine rings is 1. The number of alkyl halides is 1. The molecule has 0 radical (unpaired) electrons. The van der Waals surface area contributed by atoms with Gasteiger partial charge in [-0.2, -0.15) is 9.97 Å². The second-order valence-corrected chi connectivity index (χ2v) is 13.6. The fraction of sp³-hybridized carbons (Fsp3) is 0.514. The van der Waals surface area contributed by atoms with E-state index in [4.69, 9.17) is 37.0 Å². The molecule has 3 aromatic rings. The number of halogens is 2. The SMILES string of the molecule is CCCc1ccccc1C1Cc2nc(OC)nc(N3CCCN=C(/C(Cl)=C(\N)c4ccccn4)C3)c2CN1C.FC1CC2CCCN2C1. The first-order valence-corrected chi connectivity index (χ1v) is 17.7. The molecule has 0 aliphatic carbocycles. The highest BCUT2D eigenvalue weighted by molar-refractivity contribution is 6.46. The van der Waals surface area contributed by atoms with Crippen LogP contribution in [0.2, 0.25) is 0 Å². The van der Waals surface area contributed by atoms with Crippen LogP contribution in [0, 0.1) is 0 Å². The van der Waals surface area contributed by atoms with Gasteiger partial charge in [0.2, 0.25) is 0 Å². The van der Waals surface area contributed by atoms with Gasteiger partial charge in [0, 0.05) is 56.4 Å². The molecule has 0 saturated carbocycles. The van der Waals surface area contributed by atoms with E-state index in [0.717, 1.165) is 74.5 Å². The molecule has 48 heavy (non-hydrogen) atoms. The first-order valence-electron chi connectivity index (χ1n) is 17.3. The molecule has 2 N–H and O–H groups in total. The molecule has 2 saturated heterocycles. The van der Waals surface area contributed by atoms with Crippen LogP contribution < -0.4 is 15.4 Å². The van der Waals surface area contributed by atoms with Gasteiger partial charge in [-0.1, -0.05) is 55.3 Å². The number of aromatic nitrogens is 3. The monoisotopic (exact) mass is 674 g/mol. The number of nitrogens with zero attached hydrogens (tertiary/aromatic N) is 7. The van der Waals surface area contributed by atoms with E-state index in [2.05, 4.69) is 57.9 Å². The predicted octanol–water partition coefficient (Wildman–Crippen LogP) is 5.97. The van der Waals surface area contributed by atoms with Gasteiger partial charge in [-0.15, -0.1) is 0 Å². The molecular formula is C37H48ClFN8O. The minimum atomic E-state index is -0.518. The molecule has 0 spiro atoms. The smallest absolute Gasteiger partial charge is 0.318 e. The molecule has 2 aromatic heterocycles. The molecule has 11 heteroatoms. The summed E-state index contributed by atoms with van der Waals surface area (Å²) < 4.78 is 18.2. The minimum absolute atomic E-state index is 0.240. The molecule has 6 heterocycles. The van der Waals surface area contributed by atoms with E-state index in [1.54, 1.807) is 13.3 Å². The number of benzene rings is 1. The van der Waals surface area contributed by atoms with Gasteiger partial charge in [0.25, 0.3) is 0 Å². The van der Waals surface area contributed by atoms with Crippen molar-refractivity contribution >= 4 is 28.8 Å². The number of aryl methyl sites for hydroxylation is 1. The maximum absolute atomic E-state index is 12.6. The second-order valence-electron chi connectivity index (χ2n) is 13.2. The van der Waals surface area contributed by atoms with Crippen molar-refractivity contribution in [2.24, 2.45) is 10.7 Å². The molecule has 1 aromatic carbocycles. The first kappa shape index (κ1) is 34.3. The Hall–Kier alpha value is -3.60. The van der Waals surface area contributed by atoms with Crippen molar-refractivity contribution in [2.75, 3.05) is 51.8 Å². The summed E-state index contributed by atoms with van der Waals surface area (Å²) in [5, 5.41) is 0.431. The number of ether oxygens (including phenoxy) is 1. The van der Waals surface area contributed by atoms with E-state index in [9.17, 15) is 4.39 Å². The molecule has 3 unspecified atom stereocenters. The van der Waals surface area contributed by atoms with Crippen LogP contribution in [0.15, 0.2) is 58.7 Å². The number of anilines is 1. The summed E-state index contributed by atoms with van der Waals surface area (Å²) in [5.41, 5.74) is 13.1. The Balaban J connectivity index is 0.000000381. The number of methoxy groups -OCH3 is 1. The Kier molecular flexibility index (Phi) is 11.2. The van der Waals surface area contributed by atoms with Crippen LogP contribution in [-0.2, 0) is 19.4 Å². The largest absolute Gasteiger partial charge is 0.467 e. The Morgan fingerprint density at radius 2 is 1.92 bits per heavy atom. The quantitative estimate of drug-likeness (QED) is 0.328. The summed E-state index contributed by atoms with van der Waals surface area (Å²) in [7, 11) is 3.81. The van der Waals surface area contributed by atoms with Crippen LogP contribution in [0.3, 0.4) is 0 Å². The first-order chi connectivity index (χ1) is 23.4. The lowest BCUT2D eigenvalue weighted by Gasteiger charge is -2.37. The highest BCUT2D eigenvalue weighted by Crippen LogP contribution is 2.38. The van der Waals surface area contributed by atoms with Gasteiger partial charge in [0.15, 0.2) is 0 Å². The highest BCUT2D eigenvalue weighted by Gasteiger charge is 2.35. The van der Waals surface area contributed by atoms with Crippen molar-refractivity contribution < 1.29 is 9.13 Å². The van der Waals surface area contributed by atoms with Crippen molar-refractivity contribution in [2.45, 2.75) is 76.7 Å². The molecule has 256 valence electrons. The van der Waals surface area contributed by atoms with Crippen LogP contribution in [0.5, 0.6) is 6.01 Å². The number of nitrogens with two attached hydrogens (primary N) is 1. The lowest BCUT2D eigenvalue weighted by atomic mass is 9.89. The zero-order valence-corrected chi connectivity index (χ0v) is 29.2. The Labute approximate surface area is 289 Å². The van der Waals surface area contributed by atoms with Crippen molar-refractivity contribution in [1.29, 1.82) is 0 Å². The molecule has 3 atom stereocenters. The predicted molar refractivity (Wildman–Crippen MR) is 191 cm³/mol. The zero-order chi connectivity index (χ0) is 33.6. The standard InChI is InChI=1S/C30H36ClN7O.C7H12FN/c1-4-10-20-11-5-6-12-21(20)26-17-24-22(18-37(26)2)29(36-30(35-24)39-3)38-16-9-15-34-25(19-38)27(31)28(32)23-13-7-8-14-33-23;8-6-4-7-2-1-3-9(7)5-6/h5-8,11-14,26H,4,9-10,15-19,32H2,1-3H3;6-7H,1-5H2/b28-27+;. The summed E-state index contributed by atoms with van der Waals surface area (Å²) in [5.74, 6) is 0.875. The maximum atomic E-state index is 12.6. The molecule has 7 rings (SSSR count). The Morgan fingerprint density at radius 1 is 1.08 bits per heavy atom. The summed E-state index contributed by atoms with van der Waals surface area (Å²) in [4.78, 5) is 25.8. The number of rotatable bonds is 7. The summed E-state index contributed by atoms with van der Waals surface area (Å²) in [6.07, 6.45) is 8.37. The molecule has 4 aliphatic rings. The van der Waals surface area contributed by atoms with Crippen LogP contribution in [-0.4, -0.2) is 89.6 Å². The zero-order valence-electron chi connectivity index (χ0n) is 28.4. The van der Waals surface area contributed by atoms with Crippen molar-refractivity contribution in [3.8, 4) is 6.01 Å². The average Bonchev–Trinajstić information content (AvgIpc) is 3.59. The van der Waals surface area contributed by atoms with Crippen molar-refractivity contribution in [3.05, 3.63) is 81.8 Å². The maximum Gasteiger partial charge on any atom is 0.318 e. The van der Waals surface area contributed by atoms with Crippen LogP contribution >= 0.6 is 11.6 Å². The number of aliphatic imine (C=N–C) groups is 1. The number of likely N-dealkylation sites (N-methyl/N-ethyl adjacent to an activating group) is 1. The van der Waals surface area contributed by atoms with E-state index < -0.39 is 6.17 Å². The number of fused-ring (bicyclic) bond motifs is 2. The van der Waals surface area contributed by atoms with Crippen LogP contribution in [0.4, 0.5) is 10.2 Å². The van der Waals surface area contributed by atoms with Gasteiger partial charge < -0.3 is 15.4 Å². The van der Waals surface area contributed by atoms with Gasteiger partial charge in [0.1, 0.15) is 12.0 Å². The van der Waals surface area contributed by atoms with Crippen LogP contribution in [0.1, 0.15) is 73.1 Å². The third kappa shape index (κ3) is 7.66. The normalized spacial score (nSPS) is 23.3.